The van der Waals surface area contributed by atoms with Crippen molar-refractivity contribution >= 4 is 17.8 Å². The van der Waals surface area contributed by atoms with Gasteiger partial charge in [0.05, 0.1) is 13.7 Å². The van der Waals surface area contributed by atoms with Crippen molar-refractivity contribution in [3.05, 3.63) is 12.2 Å². The molecule has 7 heteroatoms. The van der Waals surface area contributed by atoms with E-state index in [1.54, 1.807) is 13.8 Å². The number of hydrogen-bond acceptors (Lipinski definition) is 6. The van der Waals surface area contributed by atoms with Crippen molar-refractivity contribution < 1.29 is 29.0 Å². The molecule has 0 aliphatic carbocycles. The van der Waals surface area contributed by atoms with Crippen molar-refractivity contribution in [2.45, 2.75) is 33.3 Å². The zero-order valence-corrected chi connectivity index (χ0v) is 12.8. The molecule has 0 aliphatic heterocycles. The summed E-state index contributed by atoms with van der Waals surface area (Å²) in [5.41, 5.74) is -0.524. The first kappa shape index (κ1) is 19.1. The number of esters is 2. The Labute approximate surface area is 124 Å². The molecule has 0 spiro atoms. The molecule has 0 heterocycles. The van der Waals surface area contributed by atoms with E-state index in [1.807, 2.05) is 6.92 Å². The highest BCUT2D eigenvalue weighted by atomic mass is 16.5. The third kappa shape index (κ3) is 7.45. The topological polar surface area (TPSA) is 102 Å². The summed E-state index contributed by atoms with van der Waals surface area (Å²) >= 11 is 0. The number of carbonyl (C=O) groups is 3. The lowest BCUT2D eigenvalue weighted by atomic mass is 9.83. The average Bonchev–Trinajstić information content (AvgIpc) is 2.47. The zero-order valence-electron chi connectivity index (χ0n) is 12.8. The van der Waals surface area contributed by atoms with Crippen molar-refractivity contribution in [2.75, 3.05) is 20.3 Å². The van der Waals surface area contributed by atoms with E-state index in [9.17, 15) is 19.5 Å². The molecular weight excluding hydrogens is 278 g/mol. The van der Waals surface area contributed by atoms with Crippen molar-refractivity contribution in [1.82, 2.24) is 5.32 Å². The van der Waals surface area contributed by atoms with Gasteiger partial charge in [-0.15, -0.1) is 0 Å². The Morgan fingerprint density at radius 1 is 1.24 bits per heavy atom. The molecular formula is C14H23NO6. The van der Waals surface area contributed by atoms with Gasteiger partial charge in [-0.05, 0) is 11.8 Å². The number of aliphatic hydroxyl groups excluding tert-OH is 1. The van der Waals surface area contributed by atoms with E-state index in [0.29, 0.717) is 6.42 Å². The molecule has 2 N–H and O–H groups in total. The van der Waals surface area contributed by atoms with Crippen LogP contribution >= 0.6 is 0 Å². The molecule has 0 radical (unpaired) electrons. The van der Waals surface area contributed by atoms with Crippen LogP contribution in [0.5, 0.6) is 0 Å². The molecule has 1 atom stereocenters. The molecule has 0 aromatic rings. The minimum Gasteiger partial charge on any atom is -0.466 e. The molecule has 0 fully saturated rings. The standard InChI is InChI=1S/C14H23NO6/c1-5-14(2,3)12(18)13(19)15-8-9-21-11(17)7-6-10(16)20-4/h6-7,12,18H,5,8-9H2,1-4H3,(H,15,19)/b7-6+/t12-/m1/s1. The summed E-state index contributed by atoms with van der Waals surface area (Å²) in [5, 5.41) is 12.3. The molecule has 7 nitrogen and oxygen atoms in total. The zero-order chi connectivity index (χ0) is 16.5. The lowest BCUT2D eigenvalue weighted by Crippen LogP contribution is -2.44. The Morgan fingerprint density at radius 3 is 2.33 bits per heavy atom. The van der Waals surface area contributed by atoms with Crippen molar-refractivity contribution in [1.29, 1.82) is 0 Å². The van der Waals surface area contributed by atoms with Gasteiger partial charge in [-0.25, -0.2) is 9.59 Å². The second-order valence-electron chi connectivity index (χ2n) is 5.06. The third-order valence-corrected chi connectivity index (χ3v) is 3.10. The lowest BCUT2D eigenvalue weighted by Gasteiger charge is -2.28. The largest absolute Gasteiger partial charge is 0.466 e. The molecule has 0 rings (SSSR count). The summed E-state index contributed by atoms with van der Waals surface area (Å²) in [4.78, 5) is 33.6. The van der Waals surface area contributed by atoms with E-state index in [2.05, 4.69) is 10.1 Å². The Bertz CT molecular complexity index is 402. The smallest absolute Gasteiger partial charge is 0.331 e. The molecule has 0 bridgehead atoms. The maximum Gasteiger partial charge on any atom is 0.331 e. The van der Waals surface area contributed by atoms with Crippen LogP contribution in [-0.4, -0.2) is 49.3 Å². The second kappa shape index (κ2) is 9.12. The maximum absolute atomic E-state index is 11.7. The highest BCUT2D eigenvalue weighted by Crippen LogP contribution is 2.24. The highest BCUT2D eigenvalue weighted by Gasteiger charge is 2.31. The van der Waals surface area contributed by atoms with Crippen LogP contribution in [0.1, 0.15) is 27.2 Å². The Morgan fingerprint density at radius 2 is 1.81 bits per heavy atom. The van der Waals surface area contributed by atoms with Gasteiger partial charge in [0.2, 0.25) is 5.91 Å². The molecule has 1 amide bonds. The van der Waals surface area contributed by atoms with Crippen LogP contribution in [0.15, 0.2) is 12.2 Å². The first-order valence-corrected chi connectivity index (χ1v) is 6.63. The predicted molar refractivity (Wildman–Crippen MR) is 75.2 cm³/mol. The summed E-state index contributed by atoms with van der Waals surface area (Å²) in [5.74, 6) is -1.89. The summed E-state index contributed by atoms with van der Waals surface area (Å²) in [6.07, 6.45) is 1.39. The summed E-state index contributed by atoms with van der Waals surface area (Å²) in [7, 11) is 1.19. The fraction of sp³-hybridized carbons (Fsp3) is 0.643. The molecule has 21 heavy (non-hydrogen) atoms. The lowest BCUT2D eigenvalue weighted by molar-refractivity contribution is -0.140. The molecule has 120 valence electrons. The van der Waals surface area contributed by atoms with Crippen LogP contribution < -0.4 is 5.32 Å². The van der Waals surface area contributed by atoms with Crippen LogP contribution in [0.4, 0.5) is 0 Å². The molecule has 0 aliphatic rings. The Balaban J connectivity index is 4.01. The minimum absolute atomic E-state index is 0.0602. The Hall–Kier alpha value is -1.89. The summed E-state index contributed by atoms with van der Waals surface area (Å²) < 4.78 is 9.06. The van der Waals surface area contributed by atoms with E-state index >= 15 is 0 Å². The van der Waals surface area contributed by atoms with Gasteiger partial charge in [-0.2, -0.15) is 0 Å². The minimum atomic E-state index is -1.13. The molecule has 0 saturated heterocycles. The number of aliphatic hydroxyl groups is 1. The van der Waals surface area contributed by atoms with Crippen molar-refractivity contribution in [3.63, 3.8) is 0 Å². The monoisotopic (exact) mass is 301 g/mol. The number of carbonyl (C=O) groups excluding carboxylic acids is 3. The van der Waals surface area contributed by atoms with E-state index in [0.717, 1.165) is 12.2 Å². The van der Waals surface area contributed by atoms with Gasteiger partial charge < -0.3 is 19.9 Å². The third-order valence-electron chi connectivity index (χ3n) is 3.10. The van der Waals surface area contributed by atoms with E-state index in [4.69, 9.17) is 4.74 Å². The van der Waals surface area contributed by atoms with Gasteiger partial charge in [0.25, 0.3) is 0 Å². The highest BCUT2D eigenvalue weighted by molar-refractivity contribution is 5.91. The number of amides is 1. The number of methoxy groups -OCH3 is 1. The average molecular weight is 301 g/mol. The number of rotatable bonds is 8. The van der Waals surface area contributed by atoms with Crippen LogP contribution in [0.2, 0.25) is 0 Å². The van der Waals surface area contributed by atoms with Crippen molar-refractivity contribution in [2.24, 2.45) is 5.41 Å². The number of ether oxygens (including phenoxy) is 2. The summed E-state index contributed by atoms with van der Waals surface area (Å²) in [6, 6.07) is 0. The van der Waals surface area contributed by atoms with Gasteiger partial charge in [-0.3, -0.25) is 4.79 Å². The second-order valence-corrected chi connectivity index (χ2v) is 5.06. The predicted octanol–water partition coefficient (Wildman–Crippen LogP) is 0.172. The van der Waals surface area contributed by atoms with Crippen LogP contribution in [0.25, 0.3) is 0 Å². The number of nitrogens with one attached hydrogen (secondary N) is 1. The molecule has 0 aromatic carbocycles. The normalized spacial score (nSPS) is 12.8. The van der Waals surface area contributed by atoms with Gasteiger partial charge in [-0.1, -0.05) is 20.8 Å². The first-order valence-electron chi connectivity index (χ1n) is 6.63. The van der Waals surface area contributed by atoms with Crippen LogP contribution in [0.3, 0.4) is 0 Å². The molecule has 0 aromatic heterocycles. The van der Waals surface area contributed by atoms with E-state index < -0.39 is 29.4 Å². The van der Waals surface area contributed by atoms with E-state index in [1.165, 1.54) is 7.11 Å². The first-order chi connectivity index (χ1) is 9.74. The fourth-order valence-electron chi connectivity index (χ4n) is 1.22. The van der Waals surface area contributed by atoms with Gasteiger partial charge >= 0.3 is 11.9 Å². The maximum atomic E-state index is 11.7. The number of hydrogen-bond donors (Lipinski definition) is 2. The van der Waals surface area contributed by atoms with Crippen LogP contribution in [-0.2, 0) is 23.9 Å². The van der Waals surface area contributed by atoms with Gasteiger partial charge in [0.1, 0.15) is 12.7 Å². The molecule has 0 unspecified atom stereocenters. The van der Waals surface area contributed by atoms with Gasteiger partial charge in [0.15, 0.2) is 0 Å². The Kier molecular flexibility index (Phi) is 8.30. The SMILES string of the molecule is CCC(C)(C)[C@H](O)C(=O)NCCOC(=O)/C=C/C(=O)OC. The quantitative estimate of drug-likeness (QED) is 0.376. The van der Waals surface area contributed by atoms with E-state index in [-0.39, 0.29) is 13.2 Å². The van der Waals surface area contributed by atoms with Gasteiger partial charge in [0, 0.05) is 12.2 Å². The fourth-order valence-corrected chi connectivity index (χ4v) is 1.22. The molecule has 0 saturated carbocycles. The summed E-state index contributed by atoms with van der Waals surface area (Å²) in [6.45, 7) is 5.47. The van der Waals surface area contributed by atoms with Crippen LogP contribution in [0, 0.1) is 5.41 Å². The van der Waals surface area contributed by atoms with Crippen molar-refractivity contribution in [3.8, 4) is 0 Å².